The molecule has 128 valence electrons. The van der Waals surface area contributed by atoms with Gasteiger partial charge in [-0.25, -0.2) is 4.98 Å². The van der Waals surface area contributed by atoms with Crippen LogP contribution in [-0.2, 0) is 29.0 Å². The number of imidazole rings is 1. The van der Waals surface area contributed by atoms with Crippen LogP contribution in [-0.4, -0.2) is 21.4 Å². The van der Waals surface area contributed by atoms with Gasteiger partial charge in [0.15, 0.2) is 0 Å². The van der Waals surface area contributed by atoms with Gasteiger partial charge >= 0.3 is 0 Å². The number of benzene rings is 2. The number of amides is 2. The van der Waals surface area contributed by atoms with E-state index >= 15 is 0 Å². The van der Waals surface area contributed by atoms with E-state index in [1.54, 1.807) is 24.3 Å². The number of aromatic nitrogens is 2. The van der Waals surface area contributed by atoms with E-state index in [9.17, 15) is 9.59 Å². The fourth-order valence-corrected chi connectivity index (χ4v) is 2.82. The molecule has 1 heterocycles. The Morgan fingerprint density at radius 1 is 1.12 bits per heavy atom. The van der Waals surface area contributed by atoms with Gasteiger partial charge < -0.3 is 15.6 Å². The number of para-hydroxylation sites is 2. The molecule has 0 aliphatic rings. The highest BCUT2D eigenvalue weighted by molar-refractivity contribution is 5.91. The van der Waals surface area contributed by atoms with E-state index in [1.807, 2.05) is 35.8 Å². The first-order valence-electron chi connectivity index (χ1n) is 8.18. The molecule has 0 bridgehead atoms. The number of anilines is 1. The molecule has 2 aromatic carbocycles. The van der Waals surface area contributed by atoms with Gasteiger partial charge in [0.2, 0.25) is 11.8 Å². The van der Waals surface area contributed by atoms with Crippen molar-refractivity contribution in [2.75, 3.05) is 5.32 Å². The van der Waals surface area contributed by atoms with Gasteiger partial charge in [0.1, 0.15) is 12.4 Å². The maximum atomic E-state index is 12.4. The lowest BCUT2D eigenvalue weighted by Gasteiger charge is -2.10. The summed E-state index contributed by atoms with van der Waals surface area (Å²) in [5, 5.41) is 2.87. The standard InChI is InChI=1S/C19H20N4O2/c1-2-18-22-15-5-3-4-6-16(15)23(18)12-19(25)21-14-9-7-13(8-10-14)11-17(20)24/h3-10H,2,11-12H2,1H3,(H2,20,24)(H,21,25). The maximum Gasteiger partial charge on any atom is 0.244 e. The first-order valence-corrected chi connectivity index (χ1v) is 8.18. The summed E-state index contributed by atoms with van der Waals surface area (Å²) in [7, 11) is 0. The molecule has 0 aliphatic carbocycles. The number of primary amides is 1. The van der Waals surface area contributed by atoms with Gasteiger partial charge in [0.25, 0.3) is 0 Å². The summed E-state index contributed by atoms with van der Waals surface area (Å²) in [6, 6.07) is 14.9. The van der Waals surface area contributed by atoms with Gasteiger partial charge in [-0.15, -0.1) is 0 Å². The zero-order chi connectivity index (χ0) is 17.8. The molecule has 6 nitrogen and oxygen atoms in total. The van der Waals surface area contributed by atoms with Crippen molar-refractivity contribution in [3.8, 4) is 0 Å². The zero-order valence-corrected chi connectivity index (χ0v) is 14.0. The molecule has 0 spiro atoms. The highest BCUT2D eigenvalue weighted by atomic mass is 16.2. The Morgan fingerprint density at radius 2 is 1.84 bits per heavy atom. The number of rotatable bonds is 6. The van der Waals surface area contributed by atoms with Crippen LogP contribution in [0.5, 0.6) is 0 Å². The molecule has 0 saturated carbocycles. The van der Waals surface area contributed by atoms with Crippen molar-refractivity contribution in [3.05, 3.63) is 59.9 Å². The highest BCUT2D eigenvalue weighted by Crippen LogP contribution is 2.17. The van der Waals surface area contributed by atoms with Crippen LogP contribution in [0.1, 0.15) is 18.3 Å². The minimum atomic E-state index is -0.379. The Kier molecular flexibility index (Phi) is 4.79. The lowest BCUT2D eigenvalue weighted by Crippen LogP contribution is -2.20. The number of carbonyl (C=O) groups is 2. The molecule has 0 aliphatic heterocycles. The Labute approximate surface area is 145 Å². The van der Waals surface area contributed by atoms with E-state index in [1.165, 1.54) is 0 Å². The summed E-state index contributed by atoms with van der Waals surface area (Å²) < 4.78 is 1.94. The third-order valence-electron chi connectivity index (χ3n) is 3.97. The fourth-order valence-electron chi connectivity index (χ4n) is 2.82. The van der Waals surface area contributed by atoms with Crippen molar-refractivity contribution < 1.29 is 9.59 Å². The van der Waals surface area contributed by atoms with E-state index in [-0.39, 0.29) is 24.8 Å². The second kappa shape index (κ2) is 7.17. The monoisotopic (exact) mass is 336 g/mol. The maximum absolute atomic E-state index is 12.4. The smallest absolute Gasteiger partial charge is 0.244 e. The molecular weight excluding hydrogens is 316 g/mol. The predicted octanol–water partition coefficient (Wildman–Crippen LogP) is 2.27. The number of hydrogen-bond donors (Lipinski definition) is 2. The number of nitrogens with two attached hydrogens (primary N) is 1. The number of nitrogens with zero attached hydrogens (tertiary/aromatic N) is 2. The molecule has 0 atom stereocenters. The first kappa shape index (κ1) is 16.7. The Hall–Kier alpha value is -3.15. The predicted molar refractivity (Wildman–Crippen MR) is 97.1 cm³/mol. The van der Waals surface area contributed by atoms with Gasteiger partial charge in [0.05, 0.1) is 17.5 Å². The van der Waals surface area contributed by atoms with Crippen molar-refractivity contribution in [3.63, 3.8) is 0 Å². The fraction of sp³-hybridized carbons (Fsp3) is 0.211. The summed E-state index contributed by atoms with van der Waals surface area (Å²) >= 11 is 0. The van der Waals surface area contributed by atoms with Crippen molar-refractivity contribution in [2.45, 2.75) is 26.3 Å². The second-order valence-corrected chi connectivity index (χ2v) is 5.84. The SMILES string of the molecule is CCc1nc2ccccc2n1CC(=O)Nc1ccc(CC(N)=O)cc1. The summed E-state index contributed by atoms with van der Waals surface area (Å²) in [6.45, 7) is 2.22. The van der Waals surface area contributed by atoms with E-state index in [2.05, 4.69) is 10.3 Å². The van der Waals surface area contributed by atoms with Crippen molar-refractivity contribution in [1.82, 2.24) is 9.55 Å². The van der Waals surface area contributed by atoms with Crippen molar-refractivity contribution in [2.24, 2.45) is 5.73 Å². The van der Waals surface area contributed by atoms with Crippen LogP contribution in [0, 0.1) is 0 Å². The topological polar surface area (TPSA) is 90.0 Å². The van der Waals surface area contributed by atoms with E-state index in [4.69, 9.17) is 5.73 Å². The van der Waals surface area contributed by atoms with Crippen LogP contribution < -0.4 is 11.1 Å². The highest BCUT2D eigenvalue weighted by Gasteiger charge is 2.12. The molecule has 0 saturated heterocycles. The number of aryl methyl sites for hydroxylation is 1. The first-order chi connectivity index (χ1) is 12.1. The lowest BCUT2D eigenvalue weighted by atomic mass is 10.1. The van der Waals surface area contributed by atoms with Crippen LogP contribution >= 0.6 is 0 Å². The van der Waals surface area contributed by atoms with Gasteiger partial charge in [-0.05, 0) is 29.8 Å². The minimum Gasteiger partial charge on any atom is -0.369 e. The average molecular weight is 336 g/mol. The molecule has 1 aromatic heterocycles. The zero-order valence-electron chi connectivity index (χ0n) is 14.0. The Bertz CT molecular complexity index is 913. The van der Waals surface area contributed by atoms with Gasteiger partial charge in [-0.3, -0.25) is 9.59 Å². The van der Waals surface area contributed by atoms with Gasteiger partial charge in [-0.2, -0.15) is 0 Å². The van der Waals surface area contributed by atoms with Crippen LogP contribution in [0.4, 0.5) is 5.69 Å². The molecule has 3 rings (SSSR count). The molecule has 25 heavy (non-hydrogen) atoms. The van der Waals surface area contributed by atoms with E-state index in [0.29, 0.717) is 5.69 Å². The Morgan fingerprint density at radius 3 is 2.52 bits per heavy atom. The summed E-state index contributed by atoms with van der Waals surface area (Å²) in [4.78, 5) is 27.9. The number of fused-ring (bicyclic) bond motifs is 1. The van der Waals surface area contributed by atoms with Gasteiger partial charge in [0, 0.05) is 12.1 Å². The third kappa shape index (κ3) is 3.85. The molecular formula is C19H20N4O2. The third-order valence-corrected chi connectivity index (χ3v) is 3.97. The van der Waals surface area contributed by atoms with Crippen LogP contribution in [0.25, 0.3) is 11.0 Å². The molecule has 6 heteroatoms. The van der Waals surface area contributed by atoms with Gasteiger partial charge in [-0.1, -0.05) is 31.2 Å². The number of carbonyl (C=O) groups excluding carboxylic acids is 2. The second-order valence-electron chi connectivity index (χ2n) is 5.84. The van der Waals surface area contributed by atoms with Crippen LogP contribution in [0.2, 0.25) is 0 Å². The van der Waals surface area contributed by atoms with Crippen molar-refractivity contribution >= 4 is 28.5 Å². The number of nitrogens with one attached hydrogen (secondary N) is 1. The largest absolute Gasteiger partial charge is 0.369 e. The molecule has 3 N–H and O–H groups in total. The van der Waals surface area contributed by atoms with E-state index in [0.717, 1.165) is 28.8 Å². The minimum absolute atomic E-state index is 0.125. The van der Waals surface area contributed by atoms with Crippen molar-refractivity contribution in [1.29, 1.82) is 0 Å². The quantitative estimate of drug-likeness (QED) is 0.723. The van der Waals surface area contributed by atoms with Crippen LogP contribution in [0.15, 0.2) is 48.5 Å². The molecule has 0 radical (unpaired) electrons. The molecule has 0 fully saturated rings. The number of hydrogen-bond acceptors (Lipinski definition) is 3. The molecule has 2 amide bonds. The summed E-state index contributed by atoms with van der Waals surface area (Å²) in [6.07, 6.45) is 0.943. The normalized spacial score (nSPS) is 10.8. The Balaban J connectivity index is 1.73. The summed E-state index contributed by atoms with van der Waals surface area (Å²) in [5.41, 5.74) is 8.52. The van der Waals surface area contributed by atoms with Crippen LogP contribution in [0.3, 0.4) is 0 Å². The molecule has 3 aromatic rings. The summed E-state index contributed by atoms with van der Waals surface area (Å²) in [5.74, 6) is 0.379. The molecule has 0 unspecified atom stereocenters. The van der Waals surface area contributed by atoms with E-state index < -0.39 is 0 Å². The lowest BCUT2D eigenvalue weighted by molar-refractivity contribution is -0.118. The average Bonchev–Trinajstić information content (AvgIpc) is 2.94.